The van der Waals surface area contributed by atoms with E-state index in [9.17, 15) is 4.79 Å². The normalized spacial score (nSPS) is 27.6. The molecule has 1 aliphatic heterocycles. The van der Waals surface area contributed by atoms with E-state index in [4.69, 9.17) is 5.73 Å². The van der Waals surface area contributed by atoms with Crippen LogP contribution in [0.4, 0.5) is 0 Å². The monoisotopic (exact) mass is 162 g/mol. The Morgan fingerprint density at radius 1 is 1.25 bits per heavy atom. The molecule has 3 heteroatoms. The highest BCUT2D eigenvalue weighted by molar-refractivity contribution is 5.89. The van der Waals surface area contributed by atoms with Crippen molar-refractivity contribution in [1.82, 2.24) is 5.32 Å². The van der Waals surface area contributed by atoms with Gasteiger partial charge in [0, 0.05) is 0 Å². The summed E-state index contributed by atoms with van der Waals surface area (Å²) in [6.45, 7) is 0. The van der Waals surface area contributed by atoms with E-state index in [1.807, 2.05) is 30.3 Å². The third kappa shape index (κ3) is 0.987. The second kappa shape index (κ2) is 2.60. The Hall–Kier alpha value is -1.35. The van der Waals surface area contributed by atoms with E-state index in [0.29, 0.717) is 0 Å². The highest BCUT2D eigenvalue weighted by Crippen LogP contribution is 2.22. The van der Waals surface area contributed by atoms with Crippen molar-refractivity contribution in [2.45, 2.75) is 12.1 Å². The first-order valence-corrected chi connectivity index (χ1v) is 3.90. The predicted octanol–water partition coefficient (Wildman–Crippen LogP) is 0.185. The van der Waals surface area contributed by atoms with Crippen molar-refractivity contribution >= 4 is 5.91 Å². The molecular weight excluding hydrogens is 152 g/mol. The molecule has 1 aliphatic rings. The van der Waals surface area contributed by atoms with Crippen LogP contribution in [0, 0.1) is 0 Å². The Bertz CT molecular complexity index is 297. The number of nitrogens with one attached hydrogen (secondary N) is 1. The molecule has 1 aromatic rings. The number of benzene rings is 1. The van der Waals surface area contributed by atoms with Gasteiger partial charge in [0.2, 0.25) is 5.91 Å². The molecule has 2 atom stereocenters. The van der Waals surface area contributed by atoms with Crippen molar-refractivity contribution in [2.24, 2.45) is 5.73 Å². The van der Waals surface area contributed by atoms with E-state index in [0.717, 1.165) is 5.56 Å². The zero-order chi connectivity index (χ0) is 8.55. The van der Waals surface area contributed by atoms with Gasteiger partial charge >= 0.3 is 0 Å². The van der Waals surface area contributed by atoms with Gasteiger partial charge in [-0.2, -0.15) is 0 Å². The summed E-state index contributed by atoms with van der Waals surface area (Å²) in [5.41, 5.74) is 6.66. The molecule has 0 aliphatic carbocycles. The fourth-order valence-electron chi connectivity index (χ4n) is 1.35. The van der Waals surface area contributed by atoms with Gasteiger partial charge in [-0.1, -0.05) is 30.3 Å². The average molecular weight is 162 g/mol. The number of hydrogen-bond acceptors (Lipinski definition) is 2. The van der Waals surface area contributed by atoms with Gasteiger partial charge in [0.25, 0.3) is 0 Å². The van der Waals surface area contributed by atoms with Crippen molar-refractivity contribution in [3.05, 3.63) is 35.9 Å². The van der Waals surface area contributed by atoms with E-state index in [1.54, 1.807) is 0 Å². The molecule has 0 spiro atoms. The smallest absolute Gasteiger partial charge is 0.239 e. The Labute approximate surface area is 70.6 Å². The van der Waals surface area contributed by atoms with Crippen molar-refractivity contribution in [3.8, 4) is 0 Å². The minimum Gasteiger partial charge on any atom is -0.346 e. The number of rotatable bonds is 1. The number of β-lactam (4-membered cyclic amide) rings is 1. The molecule has 1 aromatic carbocycles. The van der Waals surface area contributed by atoms with Gasteiger partial charge in [-0.25, -0.2) is 0 Å². The molecule has 1 heterocycles. The Balaban J connectivity index is 2.18. The summed E-state index contributed by atoms with van der Waals surface area (Å²) in [6, 6.07) is 9.38. The van der Waals surface area contributed by atoms with Gasteiger partial charge in [0.15, 0.2) is 0 Å². The van der Waals surface area contributed by atoms with Crippen molar-refractivity contribution in [1.29, 1.82) is 0 Å². The molecule has 12 heavy (non-hydrogen) atoms. The quantitative estimate of drug-likeness (QED) is 0.579. The van der Waals surface area contributed by atoms with Crippen LogP contribution in [-0.2, 0) is 4.79 Å². The Morgan fingerprint density at radius 3 is 2.42 bits per heavy atom. The second-order valence-electron chi connectivity index (χ2n) is 2.92. The number of carbonyl (C=O) groups excluding carboxylic acids is 1. The third-order valence-corrected chi connectivity index (χ3v) is 2.12. The zero-order valence-corrected chi connectivity index (χ0v) is 6.53. The van der Waals surface area contributed by atoms with Crippen LogP contribution in [0.5, 0.6) is 0 Å². The standard InChI is InChI=1S/C9H10N2O/c10-7-8(11-9(7)12)6-4-2-1-3-5-6/h1-5,7-8H,10H2,(H,11,12)/t7-,8-/m1/s1. The SMILES string of the molecule is N[C@H]1C(=O)N[C@@H]1c1ccccc1. The van der Waals surface area contributed by atoms with Crippen LogP contribution in [0.25, 0.3) is 0 Å². The lowest BCUT2D eigenvalue weighted by Gasteiger charge is -2.34. The van der Waals surface area contributed by atoms with Gasteiger partial charge in [0.05, 0.1) is 6.04 Å². The Kier molecular flexibility index (Phi) is 1.59. The maximum absolute atomic E-state index is 10.8. The van der Waals surface area contributed by atoms with Crippen LogP contribution in [0.1, 0.15) is 11.6 Å². The van der Waals surface area contributed by atoms with E-state index >= 15 is 0 Å². The van der Waals surface area contributed by atoms with Crippen molar-refractivity contribution in [3.63, 3.8) is 0 Å². The summed E-state index contributed by atoms with van der Waals surface area (Å²) < 4.78 is 0. The number of amides is 1. The lowest BCUT2D eigenvalue weighted by atomic mass is 9.93. The van der Waals surface area contributed by atoms with Crippen LogP contribution in [0.3, 0.4) is 0 Å². The second-order valence-corrected chi connectivity index (χ2v) is 2.92. The number of nitrogens with two attached hydrogens (primary N) is 1. The van der Waals surface area contributed by atoms with Gasteiger partial charge < -0.3 is 11.1 Å². The molecule has 0 saturated carbocycles. The summed E-state index contributed by atoms with van der Waals surface area (Å²) >= 11 is 0. The molecule has 0 aromatic heterocycles. The molecule has 2 rings (SSSR count). The third-order valence-electron chi connectivity index (χ3n) is 2.12. The molecule has 3 N–H and O–H groups in total. The van der Waals surface area contributed by atoms with Crippen LogP contribution in [-0.4, -0.2) is 11.9 Å². The molecule has 1 saturated heterocycles. The average Bonchev–Trinajstić information content (AvgIpc) is 2.15. The first-order valence-electron chi connectivity index (χ1n) is 3.90. The van der Waals surface area contributed by atoms with E-state index in [-0.39, 0.29) is 18.0 Å². The Morgan fingerprint density at radius 2 is 1.92 bits per heavy atom. The molecule has 0 radical (unpaired) electrons. The first kappa shape index (κ1) is 7.31. The lowest BCUT2D eigenvalue weighted by molar-refractivity contribution is -0.130. The van der Waals surface area contributed by atoms with Crippen LogP contribution < -0.4 is 11.1 Å². The van der Waals surface area contributed by atoms with Crippen LogP contribution >= 0.6 is 0 Å². The summed E-state index contributed by atoms with van der Waals surface area (Å²) in [5.74, 6) is -0.0659. The first-order chi connectivity index (χ1) is 5.79. The predicted molar refractivity (Wildman–Crippen MR) is 45.3 cm³/mol. The maximum atomic E-state index is 10.8. The maximum Gasteiger partial charge on any atom is 0.239 e. The molecule has 1 fully saturated rings. The van der Waals surface area contributed by atoms with Gasteiger partial charge in [-0.15, -0.1) is 0 Å². The van der Waals surface area contributed by atoms with Gasteiger partial charge in [-0.3, -0.25) is 4.79 Å². The molecule has 62 valence electrons. The minimum atomic E-state index is -0.368. The highest BCUT2D eigenvalue weighted by atomic mass is 16.2. The molecular formula is C9H10N2O. The summed E-state index contributed by atoms with van der Waals surface area (Å²) in [7, 11) is 0. The topological polar surface area (TPSA) is 55.1 Å². The number of hydrogen-bond donors (Lipinski definition) is 2. The summed E-state index contributed by atoms with van der Waals surface area (Å²) in [6.07, 6.45) is 0. The highest BCUT2D eigenvalue weighted by Gasteiger charge is 2.36. The minimum absolute atomic E-state index is 0.0127. The van der Waals surface area contributed by atoms with Crippen molar-refractivity contribution in [2.75, 3.05) is 0 Å². The molecule has 0 unspecified atom stereocenters. The van der Waals surface area contributed by atoms with Crippen molar-refractivity contribution < 1.29 is 4.79 Å². The zero-order valence-electron chi connectivity index (χ0n) is 6.53. The van der Waals surface area contributed by atoms with E-state index in [2.05, 4.69) is 5.32 Å². The summed E-state index contributed by atoms with van der Waals surface area (Å²) in [5, 5.41) is 2.74. The van der Waals surface area contributed by atoms with Crippen LogP contribution in [0.2, 0.25) is 0 Å². The van der Waals surface area contributed by atoms with Gasteiger partial charge in [0.1, 0.15) is 6.04 Å². The molecule has 3 nitrogen and oxygen atoms in total. The molecule has 1 amide bonds. The number of carbonyl (C=O) groups is 1. The van der Waals surface area contributed by atoms with E-state index < -0.39 is 0 Å². The van der Waals surface area contributed by atoms with Gasteiger partial charge in [-0.05, 0) is 5.56 Å². The van der Waals surface area contributed by atoms with E-state index in [1.165, 1.54) is 0 Å². The molecule has 0 bridgehead atoms. The fraction of sp³-hybridized carbons (Fsp3) is 0.222. The lowest BCUT2D eigenvalue weighted by Crippen LogP contribution is -2.60. The fourth-order valence-corrected chi connectivity index (χ4v) is 1.35. The van der Waals surface area contributed by atoms with Crippen LogP contribution in [0.15, 0.2) is 30.3 Å². The largest absolute Gasteiger partial charge is 0.346 e. The summed E-state index contributed by atoms with van der Waals surface area (Å²) in [4.78, 5) is 10.8.